The molecule has 0 spiro atoms. The summed E-state index contributed by atoms with van der Waals surface area (Å²) in [5.74, 6) is -0.0617. The van der Waals surface area contributed by atoms with E-state index in [9.17, 15) is 9.59 Å². The molecule has 1 aromatic heterocycles. The van der Waals surface area contributed by atoms with Gasteiger partial charge in [-0.05, 0) is 53.5 Å². The summed E-state index contributed by atoms with van der Waals surface area (Å²) in [5.41, 5.74) is 6.41. The van der Waals surface area contributed by atoms with Crippen molar-refractivity contribution in [1.82, 2.24) is 16.2 Å². The van der Waals surface area contributed by atoms with Crippen LogP contribution in [0.4, 0.5) is 0 Å². The Kier molecular flexibility index (Phi) is 6.72. The molecular formula is C20H17N3O3S2. The van der Waals surface area contributed by atoms with Crippen LogP contribution in [0.5, 0.6) is 5.75 Å². The van der Waals surface area contributed by atoms with Crippen molar-refractivity contribution in [1.29, 1.82) is 0 Å². The third-order valence-electron chi connectivity index (χ3n) is 3.63. The molecule has 1 heterocycles. The first-order valence-electron chi connectivity index (χ1n) is 8.34. The number of ether oxygens (including phenoxy) is 1. The third kappa shape index (κ3) is 5.63. The highest BCUT2D eigenvalue weighted by Crippen LogP contribution is 2.14. The zero-order valence-electron chi connectivity index (χ0n) is 14.7. The van der Waals surface area contributed by atoms with Crippen molar-refractivity contribution in [3.05, 3.63) is 88.1 Å². The number of carbonyl (C=O) groups is 2. The number of thiocarbonyl (C=S) groups is 1. The van der Waals surface area contributed by atoms with Crippen LogP contribution in [0.3, 0.4) is 0 Å². The molecule has 2 aromatic carbocycles. The monoisotopic (exact) mass is 411 g/mol. The van der Waals surface area contributed by atoms with Crippen LogP contribution >= 0.6 is 23.6 Å². The van der Waals surface area contributed by atoms with E-state index in [-0.39, 0.29) is 11.0 Å². The molecule has 3 N–H and O–H groups in total. The molecule has 0 aliphatic rings. The Labute approximate surface area is 171 Å². The molecule has 0 radical (unpaired) electrons. The van der Waals surface area contributed by atoms with Crippen LogP contribution < -0.4 is 20.9 Å². The Hall–Kier alpha value is -3.23. The first-order valence-corrected chi connectivity index (χ1v) is 9.62. The average molecular weight is 412 g/mol. The first-order chi connectivity index (χ1) is 13.6. The fourth-order valence-electron chi connectivity index (χ4n) is 2.23. The van der Waals surface area contributed by atoms with Crippen LogP contribution in [0.15, 0.2) is 72.1 Å². The summed E-state index contributed by atoms with van der Waals surface area (Å²) in [6, 6.07) is 20.0. The molecule has 6 nitrogen and oxygen atoms in total. The number of hydrogen-bond donors (Lipinski definition) is 3. The number of carbonyl (C=O) groups excluding carboxylic acids is 2. The van der Waals surface area contributed by atoms with Gasteiger partial charge in [0.25, 0.3) is 11.8 Å². The van der Waals surface area contributed by atoms with E-state index in [0.29, 0.717) is 22.8 Å². The van der Waals surface area contributed by atoms with Crippen molar-refractivity contribution < 1.29 is 14.3 Å². The lowest BCUT2D eigenvalue weighted by atomic mass is 10.2. The van der Waals surface area contributed by atoms with Gasteiger partial charge in [-0.2, -0.15) is 0 Å². The van der Waals surface area contributed by atoms with Gasteiger partial charge in [-0.15, -0.1) is 11.3 Å². The van der Waals surface area contributed by atoms with E-state index in [4.69, 9.17) is 17.0 Å². The van der Waals surface area contributed by atoms with Gasteiger partial charge in [0.05, 0.1) is 4.88 Å². The van der Waals surface area contributed by atoms with E-state index in [1.54, 1.807) is 41.8 Å². The second-order valence-corrected chi connectivity index (χ2v) is 6.99. The molecule has 0 unspecified atom stereocenters. The van der Waals surface area contributed by atoms with Crippen LogP contribution in [0.25, 0.3) is 0 Å². The van der Waals surface area contributed by atoms with Crippen LogP contribution in [0.2, 0.25) is 0 Å². The minimum atomic E-state index is -0.391. The molecule has 2 amide bonds. The lowest BCUT2D eigenvalue weighted by Gasteiger charge is -2.11. The summed E-state index contributed by atoms with van der Waals surface area (Å²) in [6.07, 6.45) is 0. The van der Waals surface area contributed by atoms with Gasteiger partial charge < -0.3 is 4.74 Å². The van der Waals surface area contributed by atoms with Crippen molar-refractivity contribution >= 4 is 40.5 Å². The van der Waals surface area contributed by atoms with Gasteiger partial charge in [0.2, 0.25) is 0 Å². The second-order valence-electron chi connectivity index (χ2n) is 5.64. The summed E-state index contributed by atoms with van der Waals surface area (Å²) in [5, 5.41) is 4.30. The van der Waals surface area contributed by atoms with E-state index in [1.807, 2.05) is 30.3 Å². The van der Waals surface area contributed by atoms with E-state index in [1.165, 1.54) is 11.3 Å². The summed E-state index contributed by atoms with van der Waals surface area (Å²) in [6.45, 7) is 0.449. The Balaban J connectivity index is 1.46. The Morgan fingerprint density at radius 3 is 2.32 bits per heavy atom. The molecule has 0 saturated carbocycles. The lowest BCUT2D eigenvalue weighted by molar-refractivity contribution is 0.0938. The maximum Gasteiger partial charge on any atom is 0.279 e. The lowest BCUT2D eigenvalue weighted by Crippen LogP contribution is -2.48. The number of hydrogen-bond acceptors (Lipinski definition) is 5. The van der Waals surface area contributed by atoms with Crippen LogP contribution in [-0.2, 0) is 6.61 Å². The van der Waals surface area contributed by atoms with Gasteiger partial charge in [0.15, 0.2) is 5.11 Å². The van der Waals surface area contributed by atoms with Crippen LogP contribution in [0.1, 0.15) is 25.6 Å². The average Bonchev–Trinajstić information content (AvgIpc) is 3.26. The molecule has 8 heteroatoms. The van der Waals surface area contributed by atoms with Crippen molar-refractivity contribution in [2.24, 2.45) is 0 Å². The van der Waals surface area contributed by atoms with Gasteiger partial charge >= 0.3 is 0 Å². The number of hydrazine groups is 1. The molecule has 0 saturated heterocycles. The summed E-state index contributed by atoms with van der Waals surface area (Å²) < 4.78 is 5.69. The van der Waals surface area contributed by atoms with Crippen molar-refractivity contribution in [3.63, 3.8) is 0 Å². The van der Waals surface area contributed by atoms with Crippen LogP contribution in [-0.4, -0.2) is 16.9 Å². The molecule has 0 atom stereocenters. The highest BCUT2D eigenvalue weighted by molar-refractivity contribution is 7.80. The second kappa shape index (κ2) is 9.63. The molecular weight excluding hydrogens is 394 g/mol. The first kappa shape index (κ1) is 19.5. The van der Waals surface area contributed by atoms with E-state index in [0.717, 1.165) is 5.56 Å². The van der Waals surface area contributed by atoms with Crippen LogP contribution in [0, 0.1) is 0 Å². The maximum absolute atomic E-state index is 12.2. The van der Waals surface area contributed by atoms with Gasteiger partial charge in [-0.1, -0.05) is 36.4 Å². The molecule has 28 heavy (non-hydrogen) atoms. The Morgan fingerprint density at radius 2 is 1.64 bits per heavy atom. The quantitative estimate of drug-likeness (QED) is 0.444. The SMILES string of the molecule is O=C(NC(=S)NNC(=O)c1cccs1)c1ccc(OCc2ccccc2)cc1. The van der Waals surface area contributed by atoms with Gasteiger partial charge in [0.1, 0.15) is 12.4 Å². The van der Waals surface area contributed by atoms with Crippen molar-refractivity contribution in [3.8, 4) is 5.75 Å². The van der Waals surface area contributed by atoms with E-state index < -0.39 is 5.91 Å². The van der Waals surface area contributed by atoms with E-state index >= 15 is 0 Å². The largest absolute Gasteiger partial charge is 0.489 e. The number of rotatable bonds is 5. The molecule has 142 valence electrons. The van der Waals surface area contributed by atoms with Crippen molar-refractivity contribution in [2.75, 3.05) is 0 Å². The van der Waals surface area contributed by atoms with Crippen molar-refractivity contribution in [2.45, 2.75) is 6.61 Å². The summed E-state index contributed by atoms with van der Waals surface area (Å²) in [7, 11) is 0. The smallest absolute Gasteiger partial charge is 0.279 e. The molecule has 0 fully saturated rings. The predicted octanol–water partition coefficient (Wildman–Crippen LogP) is 3.28. The Bertz CT molecular complexity index is 943. The van der Waals surface area contributed by atoms with Gasteiger partial charge in [0, 0.05) is 5.56 Å². The minimum Gasteiger partial charge on any atom is -0.489 e. The summed E-state index contributed by atoms with van der Waals surface area (Å²) >= 11 is 6.32. The van der Waals surface area contributed by atoms with Gasteiger partial charge in [-0.25, -0.2) is 0 Å². The number of nitrogens with one attached hydrogen (secondary N) is 3. The molecule has 0 aliphatic carbocycles. The Morgan fingerprint density at radius 1 is 0.893 bits per heavy atom. The molecule has 0 bridgehead atoms. The highest BCUT2D eigenvalue weighted by Gasteiger charge is 2.10. The number of benzene rings is 2. The molecule has 0 aliphatic heterocycles. The fourth-order valence-corrected chi connectivity index (χ4v) is 3.00. The fraction of sp³-hybridized carbons (Fsp3) is 0.0500. The third-order valence-corrected chi connectivity index (χ3v) is 4.70. The van der Waals surface area contributed by atoms with E-state index in [2.05, 4.69) is 16.2 Å². The minimum absolute atomic E-state index is 0.000639. The number of amides is 2. The zero-order chi connectivity index (χ0) is 19.8. The zero-order valence-corrected chi connectivity index (χ0v) is 16.3. The van der Waals surface area contributed by atoms with Gasteiger partial charge in [-0.3, -0.25) is 25.8 Å². The number of thiophene rings is 1. The standard InChI is InChI=1S/C20H17N3O3S2/c24-18(21-20(27)23-22-19(25)17-7-4-12-28-17)15-8-10-16(11-9-15)26-13-14-5-2-1-3-6-14/h1-12H,13H2,(H,22,25)(H2,21,23,24,27). The maximum atomic E-state index is 12.2. The summed E-state index contributed by atoms with van der Waals surface area (Å²) in [4.78, 5) is 24.6. The molecule has 3 aromatic rings. The normalized spacial score (nSPS) is 10.0. The highest BCUT2D eigenvalue weighted by atomic mass is 32.1. The molecule has 3 rings (SSSR count). The topological polar surface area (TPSA) is 79.5 Å². The predicted molar refractivity (Wildman–Crippen MR) is 112 cm³/mol.